The van der Waals surface area contributed by atoms with Gasteiger partial charge in [0.2, 0.25) is 0 Å². The molecule has 1 aromatic rings. The SMILES string of the molecule is CCNC(CC)CCCc1c(Br)c(CC)nn1CC. The van der Waals surface area contributed by atoms with Crippen LogP contribution < -0.4 is 5.32 Å². The van der Waals surface area contributed by atoms with Crippen LogP contribution in [0.4, 0.5) is 0 Å². The number of hydrogen-bond acceptors (Lipinski definition) is 2. The fourth-order valence-corrected chi connectivity index (χ4v) is 3.27. The average Bonchev–Trinajstić information content (AvgIpc) is 2.74. The molecule has 110 valence electrons. The predicted molar refractivity (Wildman–Crippen MR) is 85.7 cm³/mol. The van der Waals surface area contributed by atoms with Gasteiger partial charge in [-0.1, -0.05) is 20.8 Å². The highest BCUT2D eigenvalue weighted by Gasteiger charge is 2.14. The van der Waals surface area contributed by atoms with Gasteiger partial charge in [0.15, 0.2) is 0 Å². The second-order valence-corrected chi connectivity index (χ2v) is 5.72. The van der Waals surface area contributed by atoms with E-state index >= 15 is 0 Å². The number of aryl methyl sites for hydroxylation is 2. The van der Waals surface area contributed by atoms with Crippen LogP contribution in [0.25, 0.3) is 0 Å². The van der Waals surface area contributed by atoms with E-state index < -0.39 is 0 Å². The summed E-state index contributed by atoms with van der Waals surface area (Å²) in [6, 6.07) is 0.660. The fourth-order valence-electron chi connectivity index (χ4n) is 2.51. The lowest BCUT2D eigenvalue weighted by Crippen LogP contribution is -2.28. The van der Waals surface area contributed by atoms with E-state index in [0.29, 0.717) is 6.04 Å². The van der Waals surface area contributed by atoms with E-state index in [1.807, 2.05) is 0 Å². The molecule has 3 nitrogen and oxygen atoms in total. The van der Waals surface area contributed by atoms with Crippen LogP contribution in [-0.4, -0.2) is 22.4 Å². The number of halogens is 1. The average molecular weight is 330 g/mol. The first-order valence-electron chi connectivity index (χ1n) is 7.65. The molecule has 1 atom stereocenters. The van der Waals surface area contributed by atoms with Crippen LogP contribution in [0.3, 0.4) is 0 Å². The van der Waals surface area contributed by atoms with Gasteiger partial charge in [0.1, 0.15) is 0 Å². The summed E-state index contributed by atoms with van der Waals surface area (Å²) in [5.41, 5.74) is 2.56. The van der Waals surface area contributed by atoms with Crippen molar-refractivity contribution in [2.45, 2.75) is 72.4 Å². The van der Waals surface area contributed by atoms with E-state index in [4.69, 9.17) is 0 Å². The van der Waals surface area contributed by atoms with E-state index in [2.05, 4.69) is 58.7 Å². The highest BCUT2D eigenvalue weighted by molar-refractivity contribution is 9.10. The Morgan fingerprint density at radius 3 is 2.53 bits per heavy atom. The number of nitrogens with one attached hydrogen (secondary N) is 1. The summed E-state index contributed by atoms with van der Waals surface area (Å²) in [5.74, 6) is 0. The standard InChI is InChI=1S/C15H28BrN3/c1-5-12(17-7-3)10-9-11-14-15(16)13(6-2)18-19(14)8-4/h12,17H,5-11H2,1-4H3. The first-order valence-corrected chi connectivity index (χ1v) is 8.44. The maximum Gasteiger partial charge on any atom is 0.0766 e. The van der Waals surface area contributed by atoms with E-state index in [9.17, 15) is 0 Å². The Kier molecular flexibility index (Phi) is 7.69. The van der Waals surface area contributed by atoms with Gasteiger partial charge in [0.05, 0.1) is 15.9 Å². The van der Waals surface area contributed by atoms with Gasteiger partial charge in [0.25, 0.3) is 0 Å². The Morgan fingerprint density at radius 2 is 2.00 bits per heavy atom. The molecule has 4 heteroatoms. The molecule has 0 bridgehead atoms. The van der Waals surface area contributed by atoms with E-state index in [-0.39, 0.29) is 0 Å². The minimum absolute atomic E-state index is 0.660. The van der Waals surface area contributed by atoms with Crippen molar-refractivity contribution >= 4 is 15.9 Å². The Morgan fingerprint density at radius 1 is 1.26 bits per heavy atom. The quantitative estimate of drug-likeness (QED) is 0.743. The molecule has 0 spiro atoms. The van der Waals surface area contributed by atoms with Gasteiger partial charge < -0.3 is 5.32 Å². The van der Waals surface area contributed by atoms with Crippen molar-refractivity contribution in [1.29, 1.82) is 0 Å². The molecule has 0 aliphatic rings. The van der Waals surface area contributed by atoms with Gasteiger partial charge in [-0.25, -0.2) is 0 Å². The van der Waals surface area contributed by atoms with E-state index in [1.54, 1.807) is 0 Å². The lowest BCUT2D eigenvalue weighted by molar-refractivity contribution is 0.462. The zero-order valence-electron chi connectivity index (χ0n) is 12.8. The molecule has 0 fully saturated rings. The van der Waals surface area contributed by atoms with Crippen molar-refractivity contribution < 1.29 is 0 Å². The zero-order chi connectivity index (χ0) is 14.3. The molecule has 1 rings (SSSR count). The smallest absolute Gasteiger partial charge is 0.0766 e. The minimum Gasteiger partial charge on any atom is -0.314 e. The molecule has 0 aliphatic carbocycles. The van der Waals surface area contributed by atoms with E-state index in [0.717, 1.165) is 25.9 Å². The van der Waals surface area contributed by atoms with Gasteiger partial charge in [-0.3, -0.25) is 4.68 Å². The van der Waals surface area contributed by atoms with Crippen molar-refractivity contribution in [3.63, 3.8) is 0 Å². The Labute approximate surface area is 126 Å². The van der Waals surface area contributed by atoms with Gasteiger partial charge in [-0.2, -0.15) is 5.10 Å². The van der Waals surface area contributed by atoms with Gasteiger partial charge in [-0.15, -0.1) is 0 Å². The summed E-state index contributed by atoms with van der Waals surface area (Å²) in [5, 5.41) is 8.20. The van der Waals surface area contributed by atoms with Gasteiger partial charge in [0, 0.05) is 12.6 Å². The Hall–Kier alpha value is -0.350. The molecule has 0 saturated carbocycles. The maximum absolute atomic E-state index is 4.66. The Balaban J connectivity index is 2.59. The predicted octanol–water partition coefficient (Wildman–Crippen LogP) is 3.94. The molecule has 0 amide bonds. The summed E-state index contributed by atoms with van der Waals surface area (Å²) in [6.45, 7) is 10.8. The number of hydrogen-bond donors (Lipinski definition) is 1. The highest BCUT2D eigenvalue weighted by atomic mass is 79.9. The maximum atomic E-state index is 4.66. The summed E-state index contributed by atoms with van der Waals surface area (Å²) < 4.78 is 3.38. The Bertz CT molecular complexity index is 374. The largest absolute Gasteiger partial charge is 0.314 e. The second-order valence-electron chi connectivity index (χ2n) is 4.93. The van der Waals surface area contributed by atoms with Crippen LogP contribution in [-0.2, 0) is 19.4 Å². The molecule has 0 aromatic carbocycles. The highest BCUT2D eigenvalue weighted by Crippen LogP contribution is 2.24. The third-order valence-corrected chi connectivity index (χ3v) is 4.56. The molecule has 1 heterocycles. The molecular weight excluding hydrogens is 302 g/mol. The molecular formula is C15H28BrN3. The number of nitrogens with zero attached hydrogens (tertiary/aromatic N) is 2. The molecule has 19 heavy (non-hydrogen) atoms. The summed E-state index contributed by atoms with van der Waals surface area (Å²) in [6.07, 6.45) is 5.78. The van der Waals surface area contributed by atoms with Crippen LogP contribution in [0.1, 0.15) is 58.3 Å². The number of rotatable bonds is 9. The fraction of sp³-hybridized carbons (Fsp3) is 0.800. The van der Waals surface area contributed by atoms with Crippen LogP contribution in [0, 0.1) is 0 Å². The van der Waals surface area contributed by atoms with Crippen molar-refractivity contribution in [2.75, 3.05) is 6.54 Å². The molecule has 1 aromatic heterocycles. The second kappa shape index (κ2) is 8.75. The van der Waals surface area contributed by atoms with Gasteiger partial charge >= 0.3 is 0 Å². The first-order chi connectivity index (χ1) is 9.17. The number of aromatic nitrogens is 2. The van der Waals surface area contributed by atoms with Crippen molar-refractivity contribution in [1.82, 2.24) is 15.1 Å². The lowest BCUT2D eigenvalue weighted by Gasteiger charge is -2.15. The topological polar surface area (TPSA) is 29.9 Å². The monoisotopic (exact) mass is 329 g/mol. The molecule has 0 aliphatic heterocycles. The third-order valence-electron chi connectivity index (χ3n) is 3.65. The van der Waals surface area contributed by atoms with Crippen molar-refractivity contribution in [2.24, 2.45) is 0 Å². The van der Waals surface area contributed by atoms with Crippen LogP contribution >= 0.6 is 15.9 Å². The zero-order valence-corrected chi connectivity index (χ0v) is 14.4. The van der Waals surface area contributed by atoms with Crippen LogP contribution in [0.15, 0.2) is 4.47 Å². The normalized spacial score (nSPS) is 12.9. The van der Waals surface area contributed by atoms with E-state index in [1.165, 1.54) is 35.1 Å². The van der Waals surface area contributed by atoms with Crippen LogP contribution in [0.2, 0.25) is 0 Å². The van der Waals surface area contributed by atoms with Gasteiger partial charge in [-0.05, 0) is 61.5 Å². The molecule has 1 N–H and O–H groups in total. The summed E-state index contributed by atoms with van der Waals surface area (Å²) in [4.78, 5) is 0. The summed E-state index contributed by atoms with van der Waals surface area (Å²) in [7, 11) is 0. The molecule has 1 unspecified atom stereocenters. The molecule has 0 radical (unpaired) electrons. The first kappa shape index (κ1) is 16.7. The third kappa shape index (κ3) is 4.60. The minimum atomic E-state index is 0.660. The molecule has 0 saturated heterocycles. The summed E-state index contributed by atoms with van der Waals surface area (Å²) >= 11 is 3.72. The van der Waals surface area contributed by atoms with Crippen LogP contribution in [0.5, 0.6) is 0 Å². The van der Waals surface area contributed by atoms with Crippen molar-refractivity contribution in [3.8, 4) is 0 Å². The lowest BCUT2D eigenvalue weighted by atomic mass is 10.1. The van der Waals surface area contributed by atoms with Crippen molar-refractivity contribution in [3.05, 3.63) is 15.9 Å².